The Morgan fingerprint density at radius 3 is 2.35 bits per heavy atom. The van der Waals surface area contributed by atoms with Crippen molar-refractivity contribution in [2.24, 2.45) is 0 Å². The van der Waals surface area contributed by atoms with E-state index >= 15 is 0 Å². The minimum atomic E-state index is -3.78. The number of unbranched alkanes of at least 4 members (excludes halogenated alkanes) is 1. The Balaban J connectivity index is 2.07. The topological polar surface area (TPSA) is 104 Å². The second kappa shape index (κ2) is 8.61. The first-order valence-corrected chi connectivity index (χ1v) is 9.75. The number of nitrogens with one attached hydrogen (secondary N) is 2. The van der Waals surface area contributed by atoms with E-state index in [2.05, 4.69) is 27.2 Å². The lowest BCUT2D eigenvalue weighted by Crippen LogP contribution is -2.20. The van der Waals surface area contributed by atoms with Gasteiger partial charge in [0.25, 0.3) is 10.0 Å². The van der Waals surface area contributed by atoms with Crippen LogP contribution in [0.25, 0.3) is 0 Å². The first-order chi connectivity index (χ1) is 12.3. The molecule has 0 radical (unpaired) electrons. The van der Waals surface area contributed by atoms with Crippen LogP contribution < -0.4 is 14.9 Å². The minimum Gasteiger partial charge on any atom is -0.358 e. The number of hydrogen-bond acceptors (Lipinski definition) is 6. The van der Waals surface area contributed by atoms with Crippen molar-refractivity contribution in [3.63, 3.8) is 0 Å². The molecule has 8 nitrogen and oxygen atoms in total. The van der Waals surface area contributed by atoms with Crippen LogP contribution in [0.4, 0.5) is 17.3 Å². The molecule has 0 saturated heterocycles. The highest BCUT2D eigenvalue weighted by molar-refractivity contribution is 7.92. The van der Waals surface area contributed by atoms with Gasteiger partial charge >= 0.3 is 0 Å². The summed E-state index contributed by atoms with van der Waals surface area (Å²) in [5, 5.41) is 10.6. The van der Waals surface area contributed by atoms with E-state index in [0.717, 1.165) is 19.4 Å². The van der Waals surface area contributed by atoms with Crippen LogP contribution in [0.3, 0.4) is 0 Å². The molecule has 0 unspecified atom stereocenters. The number of sulfonamides is 1. The van der Waals surface area contributed by atoms with Crippen LogP contribution in [0, 0.1) is 0 Å². The molecule has 1 heterocycles. The molecule has 0 aliphatic carbocycles. The fourth-order valence-corrected chi connectivity index (χ4v) is 3.21. The summed E-state index contributed by atoms with van der Waals surface area (Å²) in [6.45, 7) is 4.35. The van der Waals surface area contributed by atoms with Crippen molar-refractivity contribution in [3.05, 3.63) is 36.4 Å². The standard InChI is InChI=1S/C17H23N5O3S/c1-4-5-12-22(3)17-11-10-16(19-20-17)21-26(24,25)15-8-6-14(7-9-15)18-13(2)23/h6-11H,4-5,12H2,1-3H3,(H,18,23)(H,19,21). The number of rotatable bonds is 8. The van der Waals surface area contributed by atoms with Gasteiger partial charge in [-0.05, 0) is 42.8 Å². The first kappa shape index (κ1) is 19.6. The number of amides is 1. The molecule has 0 aliphatic heterocycles. The van der Waals surface area contributed by atoms with Crippen LogP contribution in [0.1, 0.15) is 26.7 Å². The minimum absolute atomic E-state index is 0.0672. The third-order valence-electron chi connectivity index (χ3n) is 3.61. The van der Waals surface area contributed by atoms with E-state index in [0.29, 0.717) is 11.5 Å². The van der Waals surface area contributed by atoms with E-state index in [1.165, 1.54) is 31.2 Å². The molecule has 0 fully saturated rings. The lowest BCUT2D eigenvalue weighted by atomic mass is 10.3. The largest absolute Gasteiger partial charge is 0.358 e. The van der Waals surface area contributed by atoms with Gasteiger partial charge in [-0.3, -0.25) is 9.52 Å². The van der Waals surface area contributed by atoms with E-state index in [9.17, 15) is 13.2 Å². The summed E-state index contributed by atoms with van der Waals surface area (Å²) in [5.41, 5.74) is 0.524. The maximum absolute atomic E-state index is 12.4. The monoisotopic (exact) mass is 377 g/mol. The summed E-state index contributed by atoms with van der Waals surface area (Å²) in [5.74, 6) is 0.600. The molecule has 0 aliphatic rings. The van der Waals surface area contributed by atoms with Gasteiger partial charge in [0.1, 0.15) is 0 Å². The molecule has 9 heteroatoms. The van der Waals surface area contributed by atoms with Gasteiger partial charge in [0, 0.05) is 26.2 Å². The number of benzene rings is 1. The summed E-state index contributed by atoms with van der Waals surface area (Å²) in [6.07, 6.45) is 2.12. The number of carbonyl (C=O) groups excluding carboxylic acids is 1. The molecule has 2 N–H and O–H groups in total. The summed E-state index contributed by atoms with van der Waals surface area (Å²) in [6, 6.07) is 9.16. The van der Waals surface area contributed by atoms with E-state index in [1.54, 1.807) is 12.1 Å². The Bertz CT molecular complexity index is 836. The quantitative estimate of drug-likeness (QED) is 0.732. The van der Waals surface area contributed by atoms with Crippen LogP contribution >= 0.6 is 0 Å². The van der Waals surface area contributed by atoms with Crippen LogP contribution in [-0.4, -0.2) is 38.1 Å². The van der Waals surface area contributed by atoms with Gasteiger partial charge in [-0.25, -0.2) is 8.42 Å². The Morgan fingerprint density at radius 1 is 1.12 bits per heavy atom. The van der Waals surface area contributed by atoms with Gasteiger partial charge in [0.05, 0.1) is 4.90 Å². The number of carbonyl (C=O) groups is 1. The third-order valence-corrected chi connectivity index (χ3v) is 4.98. The van der Waals surface area contributed by atoms with Gasteiger partial charge in [-0.1, -0.05) is 13.3 Å². The van der Waals surface area contributed by atoms with Gasteiger partial charge in [0.15, 0.2) is 11.6 Å². The Hall–Kier alpha value is -2.68. The van der Waals surface area contributed by atoms with Crippen molar-refractivity contribution in [1.82, 2.24) is 10.2 Å². The second-order valence-corrected chi connectivity index (χ2v) is 7.55. The maximum Gasteiger partial charge on any atom is 0.263 e. The molecule has 0 bridgehead atoms. The second-order valence-electron chi connectivity index (χ2n) is 5.86. The highest BCUT2D eigenvalue weighted by atomic mass is 32.2. The lowest BCUT2D eigenvalue weighted by molar-refractivity contribution is -0.114. The van der Waals surface area contributed by atoms with Gasteiger partial charge in [-0.15, -0.1) is 10.2 Å². The molecule has 140 valence electrons. The van der Waals surface area contributed by atoms with Crippen LogP contribution in [-0.2, 0) is 14.8 Å². The zero-order valence-corrected chi connectivity index (χ0v) is 15.9. The SMILES string of the molecule is CCCCN(C)c1ccc(NS(=O)(=O)c2ccc(NC(C)=O)cc2)nn1. The van der Waals surface area contributed by atoms with E-state index < -0.39 is 10.0 Å². The van der Waals surface area contributed by atoms with E-state index in [4.69, 9.17) is 0 Å². The summed E-state index contributed by atoms with van der Waals surface area (Å²) < 4.78 is 27.2. The van der Waals surface area contributed by atoms with Gasteiger partial charge in [0.2, 0.25) is 5.91 Å². The zero-order chi connectivity index (χ0) is 19.2. The molecular weight excluding hydrogens is 354 g/mol. The Morgan fingerprint density at radius 2 is 1.81 bits per heavy atom. The average molecular weight is 377 g/mol. The molecule has 2 rings (SSSR count). The van der Waals surface area contributed by atoms with Crippen molar-refractivity contribution in [2.45, 2.75) is 31.6 Å². The molecule has 1 amide bonds. The van der Waals surface area contributed by atoms with Crippen molar-refractivity contribution in [3.8, 4) is 0 Å². The number of anilines is 3. The van der Waals surface area contributed by atoms with Crippen LogP contribution in [0.5, 0.6) is 0 Å². The predicted octanol–water partition coefficient (Wildman–Crippen LogP) is 2.47. The average Bonchev–Trinajstić information content (AvgIpc) is 2.60. The predicted molar refractivity (Wildman–Crippen MR) is 102 cm³/mol. The number of aromatic nitrogens is 2. The highest BCUT2D eigenvalue weighted by Crippen LogP contribution is 2.18. The van der Waals surface area contributed by atoms with Crippen LogP contribution in [0.15, 0.2) is 41.3 Å². The summed E-state index contributed by atoms with van der Waals surface area (Å²) in [7, 11) is -1.87. The lowest BCUT2D eigenvalue weighted by Gasteiger charge is -2.17. The van der Waals surface area contributed by atoms with Gasteiger partial charge < -0.3 is 10.2 Å². The zero-order valence-electron chi connectivity index (χ0n) is 15.1. The molecule has 2 aromatic rings. The normalized spacial score (nSPS) is 11.0. The molecular formula is C17H23N5O3S. The molecule has 0 saturated carbocycles. The summed E-state index contributed by atoms with van der Waals surface area (Å²) in [4.78, 5) is 13.0. The Labute approximate surface area is 153 Å². The maximum atomic E-state index is 12.4. The molecule has 0 spiro atoms. The highest BCUT2D eigenvalue weighted by Gasteiger charge is 2.15. The number of hydrogen-bond donors (Lipinski definition) is 2. The fraction of sp³-hybridized carbons (Fsp3) is 0.353. The third kappa shape index (κ3) is 5.41. The van der Waals surface area contributed by atoms with E-state index in [1.807, 2.05) is 11.9 Å². The molecule has 1 aromatic heterocycles. The van der Waals surface area contributed by atoms with Crippen LogP contribution in [0.2, 0.25) is 0 Å². The first-order valence-electron chi connectivity index (χ1n) is 8.27. The smallest absolute Gasteiger partial charge is 0.263 e. The van der Waals surface area contributed by atoms with E-state index in [-0.39, 0.29) is 16.6 Å². The summed E-state index contributed by atoms with van der Waals surface area (Å²) >= 11 is 0. The molecule has 0 atom stereocenters. The van der Waals surface area contributed by atoms with Gasteiger partial charge in [-0.2, -0.15) is 0 Å². The Kier molecular flexibility index (Phi) is 6.51. The fourth-order valence-electron chi connectivity index (χ4n) is 2.21. The number of nitrogens with zero attached hydrogens (tertiary/aromatic N) is 3. The van der Waals surface area contributed by atoms with Crippen molar-refractivity contribution >= 4 is 33.3 Å². The van der Waals surface area contributed by atoms with Crippen molar-refractivity contribution in [2.75, 3.05) is 28.5 Å². The molecule has 26 heavy (non-hydrogen) atoms. The van der Waals surface area contributed by atoms with Crippen molar-refractivity contribution in [1.29, 1.82) is 0 Å². The van der Waals surface area contributed by atoms with Crippen molar-refractivity contribution < 1.29 is 13.2 Å². The molecule has 1 aromatic carbocycles.